The highest BCUT2D eigenvalue weighted by atomic mass is 14.8. The lowest BCUT2D eigenvalue weighted by Crippen LogP contribution is -1.99. The Hall–Kier alpha value is -1.77. The summed E-state index contributed by atoms with van der Waals surface area (Å²) in [6.45, 7) is 3.96. The zero-order chi connectivity index (χ0) is 10.3. The summed E-state index contributed by atoms with van der Waals surface area (Å²) >= 11 is 0. The first-order chi connectivity index (χ1) is 6.61. The van der Waals surface area contributed by atoms with Crippen molar-refractivity contribution in [2.45, 2.75) is 13.8 Å². The summed E-state index contributed by atoms with van der Waals surface area (Å²) in [5.74, 6) is 0.551. The van der Waals surface area contributed by atoms with Crippen molar-refractivity contribution in [3.63, 3.8) is 0 Å². The number of anilines is 2. The standard InChI is InChI=1S/C11H13N3/c1-6-7(2)14-11(13)8-4-3-5-9(12)10(6)8/h3-5H,12H2,1-2H3,(H2,13,14). The first-order valence-electron chi connectivity index (χ1n) is 4.52. The summed E-state index contributed by atoms with van der Waals surface area (Å²) in [6, 6.07) is 5.72. The van der Waals surface area contributed by atoms with Crippen LogP contribution in [0.4, 0.5) is 11.5 Å². The van der Waals surface area contributed by atoms with Crippen molar-refractivity contribution in [3.05, 3.63) is 29.5 Å². The minimum Gasteiger partial charge on any atom is -0.398 e. The Morgan fingerprint density at radius 1 is 1.14 bits per heavy atom. The Morgan fingerprint density at radius 3 is 2.57 bits per heavy atom. The van der Waals surface area contributed by atoms with Crippen molar-refractivity contribution in [3.8, 4) is 0 Å². The zero-order valence-corrected chi connectivity index (χ0v) is 8.33. The Balaban J connectivity index is 3.03. The van der Waals surface area contributed by atoms with Gasteiger partial charge in [-0.15, -0.1) is 0 Å². The van der Waals surface area contributed by atoms with Gasteiger partial charge in [0.1, 0.15) is 5.82 Å². The molecule has 0 spiro atoms. The van der Waals surface area contributed by atoms with E-state index in [2.05, 4.69) is 4.98 Å². The summed E-state index contributed by atoms with van der Waals surface area (Å²) < 4.78 is 0. The van der Waals surface area contributed by atoms with Gasteiger partial charge >= 0.3 is 0 Å². The number of pyridine rings is 1. The van der Waals surface area contributed by atoms with Gasteiger partial charge < -0.3 is 11.5 Å². The fourth-order valence-corrected chi connectivity index (χ4v) is 1.71. The molecular weight excluding hydrogens is 174 g/mol. The second-order valence-electron chi connectivity index (χ2n) is 3.48. The molecule has 72 valence electrons. The first-order valence-corrected chi connectivity index (χ1v) is 4.52. The van der Waals surface area contributed by atoms with E-state index in [0.717, 1.165) is 27.7 Å². The number of fused-ring (bicyclic) bond motifs is 1. The molecule has 2 rings (SSSR count). The number of hydrogen-bond donors (Lipinski definition) is 2. The Kier molecular flexibility index (Phi) is 1.81. The maximum atomic E-state index is 5.91. The van der Waals surface area contributed by atoms with Crippen LogP contribution in [0.3, 0.4) is 0 Å². The van der Waals surface area contributed by atoms with E-state index in [4.69, 9.17) is 11.5 Å². The van der Waals surface area contributed by atoms with Gasteiger partial charge in [-0.05, 0) is 25.5 Å². The van der Waals surface area contributed by atoms with Crippen molar-refractivity contribution in [2.24, 2.45) is 0 Å². The smallest absolute Gasteiger partial charge is 0.131 e. The van der Waals surface area contributed by atoms with Crippen molar-refractivity contribution < 1.29 is 0 Å². The molecule has 1 heterocycles. The van der Waals surface area contributed by atoms with Crippen molar-refractivity contribution in [1.82, 2.24) is 4.98 Å². The largest absolute Gasteiger partial charge is 0.398 e. The van der Waals surface area contributed by atoms with E-state index in [1.165, 1.54) is 0 Å². The quantitative estimate of drug-likeness (QED) is 0.620. The highest BCUT2D eigenvalue weighted by Gasteiger charge is 2.07. The van der Waals surface area contributed by atoms with Gasteiger partial charge in [-0.1, -0.05) is 12.1 Å². The summed E-state index contributed by atoms with van der Waals surface area (Å²) in [5, 5.41) is 1.96. The molecule has 0 aliphatic carbocycles. The number of aromatic nitrogens is 1. The molecule has 2 aromatic rings. The third-order valence-electron chi connectivity index (χ3n) is 2.58. The highest BCUT2D eigenvalue weighted by molar-refractivity contribution is 6.01. The molecule has 0 atom stereocenters. The SMILES string of the molecule is Cc1nc(N)c2cccc(N)c2c1C. The van der Waals surface area contributed by atoms with Gasteiger partial charge in [-0.2, -0.15) is 0 Å². The number of benzene rings is 1. The number of aryl methyl sites for hydroxylation is 2. The molecule has 0 aliphatic rings. The molecular formula is C11H13N3. The Morgan fingerprint density at radius 2 is 1.86 bits per heavy atom. The molecule has 0 amide bonds. The summed E-state index contributed by atoms with van der Waals surface area (Å²) in [5.41, 5.74) is 14.5. The van der Waals surface area contributed by atoms with Crippen LogP contribution in [-0.2, 0) is 0 Å². The third-order valence-corrected chi connectivity index (χ3v) is 2.58. The molecule has 3 heteroatoms. The van der Waals surface area contributed by atoms with E-state index in [1.54, 1.807) is 0 Å². The highest BCUT2D eigenvalue weighted by Crippen LogP contribution is 2.29. The summed E-state index contributed by atoms with van der Waals surface area (Å²) in [6.07, 6.45) is 0. The molecule has 0 radical (unpaired) electrons. The molecule has 1 aromatic heterocycles. The maximum absolute atomic E-state index is 5.91. The third kappa shape index (κ3) is 1.09. The van der Waals surface area contributed by atoms with E-state index in [9.17, 15) is 0 Å². The van der Waals surface area contributed by atoms with Gasteiger partial charge in [0.05, 0.1) is 0 Å². The normalized spacial score (nSPS) is 10.7. The van der Waals surface area contributed by atoms with Crippen molar-refractivity contribution >= 4 is 22.3 Å². The number of hydrogen-bond acceptors (Lipinski definition) is 3. The molecule has 1 aromatic carbocycles. The average Bonchev–Trinajstić information content (AvgIpc) is 2.14. The molecule has 4 N–H and O–H groups in total. The van der Waals surface area contributed by atoms with Crippen LogP contribution < -0.4 is 11.5 Å². The maximum Gasteiger partial charge on any atom is 0.131 e. The minimum atomic E-state index is 0.551. The number of nitrogens with two attached hydrogens (primary N) is 2. The van der Waals surface area contributed by atoms with E-state index < -0.39 is 0 Å². The fourth-order valence-electron chi connectivity index (χ4n) is 1.71. The van der Waals surface area contributed by atoms with Crippen molar-refractivity contribution in [1.29, 1.82) is 0 Å². The topological polar surface area (TPSA) is 64.9 Å². The Labute approximate surface area is 82.7 Å². The molecule has 0 aliphatic heterocycles. The van der Waals surface area contributed by atoms with E-state index in [0.29, 0.717) is 5.82 Å². The van der Waals surface area contributed by atoms with Gasteiger partial charge in [0.15, 0.2) is 0 Å². The monoisotopic (exact) mass is 187 g/mol. The molecule has 0 unspecified atom stereocenters. The molecule has 3 nitrogen and oxygen atoms in total. The van der Waals surface area contributed by atoms with Crippen LogP contribution in [0.1, 0.15) is 11.3 Å². The second kappa shape index (κ2) is 2.87. The van der Waals surface area contributed by atoms with Crippen LogP contribution in [-0.4, -0.2) is 4.98 Å². The first kappa shape index (κ1) is 8.81. The predicted octanol–water partition coefficient (Wildman–Crippen LogP) is 2.02. The summed E-state index contributed by atoms with van der Waals surface area (Å²) in [7, 11) is 0. The number of rotatable bonds is 0. The van der Waals surface area contributed by atoms with Gasteiger partial charge in [0, 0.05) is 22.2 Å². The lowest BCUT2D eigenvalue weighted by Gasteiger charge is -2.09. The van der Waals surface area contributed by atoms with Crippen LogP contribution in [0.15, 0.2) is 18.2 Å². The van der Waals surface area contributed by atoms with E-state index in [-0.39, 0.29) is 0 Å². The Bertz CT molecular complexity index is 503. The minimum absolute atomic E-state index is 0.551. The van der Waals surface area contributed by atoms with Crippen LogP contribution in [0.25, 0.3) is 10.8 Å². The zero-order valence-electron chi connectivity index (χ0n) is 8.33. The van der Waals surface area contributed by atoms with Gasteiger partial charge in [-0.3, -0.25) is 0 Å². The van der Waals surface area contributed by atoms with Crippen LogP contribution in [0.5, 0.6) is 0 Å². The molecule has 0 bridgehead atoms. The molecule has 14 heavy (non-hydrogen) atoms. The average molecular weight is 187 g/mol. The van der Waals surface area contributed by atoms with Crippen molar-refractivity contribution in [2.75, 3.05) is 11.5 Å². The van der Waals surface area contributed by atoms with Crippen LogP contribution >= 0.6 is 0 Å². The van der Waals surface area contributed by atoms with Crippen LogP contribution in [0.2, 0.25) is 0 Å². The fraction of sp³-hybridized carbons (Fsp3) is 0.182. The molecule has 0 saturated carbocycles. The van der Waals surface area contributed by atoms with E-state index >= 15 is 0 Å². The number of nitrogen functional groups attached to an aromatic ring is 2. The van der Waals surface area contributed by atoms with Gasteiger partial charge in [0.25, 0.3) is 0 Å². The lowest BCUT2D eigenvalue weighted by atomic mass is 10.0. The van der Waals surface area contributed by atoms with Crippen LogP contribution in [0, 0.1) is 13.8 Å². The van der Waals surface area contributed by atoms with Gasteiger partial charge in [0.2, 0.25) is 0 Å². The lowest BCUT2D eigenvalue weighted by molar-refractivity contribution is 1.19. The predicted molar refractivity (Wildman–Crippen MR) is 60.0 cm³/mol. The van der Waals surface area contributed by atoms with E-state index in [1.807, 2.05) is 32.0 Å². The summed E-state index contributed by atoms with van der Waals surface area (Å²) in [4.78, 5) is 4.26. The second-order valence-corrected chi connectivity index (χ2v) is 3.48. The van der Waals surface area contributed by atoms with Gasteiger partial charge in [-0.25, -0.2) is 4.98 Å². The molecule has 0 fully saturated rings. The number of nitrogens with zero attached hydrogens (tertiary/aromatic N) is 1. The molecule has 0 saturated heterocycles.